The van der Waals surface area contributed by atoms with E-state index in [1.165, 1.54) is 19.3 Å². The van der Waals surface area contributed by atoms with Crippen molar-refractivity contribution in [1.29, 1.82) is 0 Å². The summed E-state index contributed by atoms with van der Waals surface area (Å²) < 4.78 is 5.30. The third-order valence-corrected chi connectivity index (χ3v) is 5.12. The number of rotatable bonds is 5. The number of ether oxygens (including phenoxy) is 1. The molecule has 2 N–H and O–H groups in total. The fourth-order valence-corrected chi connectivity index (χ4v) is 3.68. The van der Waals surface area contributed by atoms with Crippen LogP contribution in [0.15, 0.2) is 24.3 Å². The summed E-state index contributed by atoms with van der Waals surface area (Å²) in [6, 6.07) is 7.53. The number of anilines is 1. The van der Waals surface area contributed by atoms with Crippen LogP contribution in [0.2, 0.25) is 0 Å². The molecule has 0 unspecified atom stereocenters. The van der Waals surface area contributed by atoms with Crippen LogP contribution in [0.4, 0.5) is 10.5 Å². The van der Waals surface area contributed by atoms with Gasteiger partial charge in [0.2, 0.25) is 0 Å². The molecule has 0 radical (unpaired) electrons. The number of amides is 2. The molecule has 0 bridgehead atoms. The van der Waals surface area contributed by atoms with Gasteiger partial charge in [-0.3, -0.25) is 4.90 Å². The van der Waals surface area contributed by atoms with E-state index in [1.54, 1.807) is 4.90 Å². The van der Waals surface area contributed by atoms with E-state index in [1.807, 2.05) is 25.1 Å². The van der Waals surface area contributed by atoms with Crippen LogP contribution in [0.3, 0.4) is 0 Å². The Morgan fingerprint density at radius 2 is 2.04 bits per heavy atom. The van der Waals surface area contributed by atoms with Crippen molar-refractivity contribution in [2.45, 2.75) is 44.9 Å². The molecule has 6 nitrogen and oxygen atoms in total. The zero-order chi connectivity index (χ0) is 17.6. The molecule has 2 aliphatic rings. The molecule has 2 atom stereocenters. The lowest BCUT2D eigenvalue weighted by atomic mass is 10.1. The molecule has 6 heteroatoms. The zero-order valence-electron chi connectivity index (χ0n) is 15.0. The number of piperidine rings is 1. The molecule has 2 amide bonds. The Morgan fingerprint density at radius 1 is 1.28 bits per heavy atom. The normalized spacial score (nSPS) is 24.2. The molecule has 2 saturated heterocycles. The van der Waals surface area contributed by atoms with E-state index in [0.29, 0.717) is 19.8 Å². The lowest BCUT2D eigenvalue weighted by Gasteiger charge is -2.30. The number of urea groups is 1. The minimum Gasteiger partial charge on any atom is -0.388 e. The quantitative estimate of drug-likeness (QED) is 0.858. The number of carbonyl (C=O) groups excluding carboxylic acids is 1. The Balaban J connectivity index is 1.67. The molecular formula is C19H29N3O3. The minimum absolute atomic E-state index is 0.178. The highest BCUT2D eigenvalue weighted by Gasteiger charge is 2.33. The van der Waals surface area contributed by atoms with Crippen molar-refractivity contribution in [3.05, 3.63) is 29.8 Å². The van der Waals surface area contributed by atoms with Gasteiger partial charge in [-0.2, -0.15) is 0 Å². The molecule has 0 spiro atoms. The zero-order valence-corrected chi connectivity index (χ0v) is 15.0. The number of aliphatic hydroxyl groups excluding tert-OH is 1. The Kier molecular flexibility index (Phi) is 6.29. The summed E-state index contributed by atoms with van der Waals surface area (Å²) in [7, 11) is 0. The van der Waals surface area contributed by atoms with Crippen LogP contribution in [0, 0.1) is 0 Å². The molecule has 0 aromatic heterocycles. The monoisotopic (exact) mass is 347 g/mol. The SMILES string of the molecule is CCN(C(=O)Nc1ccccc1CN1CCCCC1)[C@H]1COC[C@@H]1O. The van der Waals surface area contributed by atoms with E-state index in [-0.39, 0.29) is 12.1 Å². The molecule has 25 heavy (non-hydrogen) atoms. The van der Waals surface area contributed by atoms with E-state index in [0.717, 1.165) is 30.9 Å². The Labute approximate surface area is 149 Å². The molecule has 3 rings (SSSR count). The summed E-state index contributed by atoms with van der Waals surface area (Å²) in [6.45, 7) is 6.23. The van der Waals surface area contributed by atoms with Gasteiger partial charge in [-0.15, -0.1) is 0 Å². The molecule has 1 aromatic rings. The van der Waals surface area contributed by atoms with E-state index in [2.05, 4.69) is 16.3 Å². The second kappa shape index (κ2) is 8.65. The predicted octanol–water partition coefficient (Wildman–Crippen LogP) is 2.29. The van der Waals surface area contributed by atoms with Gasteiger partial charge in [0.05, 0.1) is 25.4 Å². The second-order valence-electron chi connectivity index (χ2n) is 6.88. The molecule has 2 aliphatic heterocycles. The number of aliphatic hydroxyl groups is 1. The molecule has 0 aliphatic carbocycles. The third kappa shape index (κ3) is 4.51. The van der Waals surface area contributed by atoms with Crippen LogP contribution < -0.4 is 5.32 Å². The molecule has 2 heterocycles. The minimum atomic E-state index is -0.616. The maximum absolute atomic E-state index is 12.8. The largest absolute Gasteiger partial charge is 0.388 e. The van der Waals surface area contributed by atoms with Gasteiger partial charge >= 0.3 is 6.03 Å². The van der Waals surface area contributed by atoms with Crippen molar-refractivity contribution < 1.29 is 14.6 Å². The smallest absolute Gasteiger partial charge is 0.322 e. The van der Waals surface area contributed by atoms with Crippen LogP contribution in [-0.2, 0) is 11.3 Å². The van der Waals surface area contributed by atoms with Gasteiger partial charge in [0, 0.05) is 18.8 Å². The number of nitrogens with zero attached hydrogens (tertiary/aromatic N) is 2. The number of nitrogens with one attached hydrogen (secondary N) is 1. The first-order chi connectivity index (χ1) is 12.2. The maximum Gasteiger partial charge on any atom is 0.322 e. The van der Waals surface area contributed by atoms with Crippen molar-refractivity contribution in [3.63, 3.8) is 0 Å². The summed E-state index contributed by atoms with van der Waals surface area (Å²) in [4.78, 5) is 16.9. The maximum atomic E-state index is 12.8. The molecule has 0 saturated carbocycles. The summed E-state index contributed by atoms with van der Waals surface area (Å²) in [5, 5.41) is 13.1. The molecular weight excluding hydrogens is 318 g/mol. The second-order valence-corrected chi connectivity index (χ2v) is 6.88. The first-order valence-electron chi connectivity index (χ1n) is 9.32. The van der Waals surface area contributed by atoms with Gasteiger partial charge in [-0.25, -0.2) is 4.79 Å². The third-order valence-electron chi connectivity index (χ3n) is 5.12. The van der Waals surface area contributed by atoms with Crippen LogP contribution in [0.5, 0.6) is 0 Å². The molecule has 138 valence electrons. The summed E-state index contributed by atoms with van der Waals surface area (Å²) in [6.07, 6.45) is 3.19. The van der Waals surface area contributed by atoms with Crippen LogP contribution in [0.1, 0.15) is 31.7 Å². The van der Waals surface area contributed by atoms with Crippen LogP contribution in [0.25, 0.3) is 0 Å². The molecule has 1 aromatic carbocycles. The van der Waals surface area contributed by atoms with Gasteiger partial charge in [0.1, 0.15) is 0 Å². The Hall–Kier alpha value is -1.63. The predicted molar refractivity (Wildman–Crippen MR) is 97.6 cm³/mol. The lowest BCUT2D eigenvalue weighted by Crippen LogP contribution is -2.48. The van der Waals surface area contributed by atoms with Gasteiger partial charge in [0.25, 0.3) is 0 Å². The Morgan fingerprint density at radius 3 is 2.72 bits per heavy atom. The van der Waals surface area contributed by atoms with Crippen molar-refractivity contribution in [1.82, 2.24) is 9.80 Å². The van der Waals surface area contributed by atoms with Crippen molar-refractivity contribution in [2.75, 3.05) is 38.2 Å². The Bertz CT molecular complexity index is 575. The fraction of sp³-hybridized carbons (Fsp3) is 0.632. The van der Waals surface area contributed by atoms with Crippen LogP contribution >= 0.6 is 0 Å². The number of hydrogen-bond donors (Lipinski definition) is 2. The fourth-order valence-electron chi connectivity index (χ4n) is 3.68. The topological polar surface area (TPSA) is 65.0 Å². The van der Waals surface area contributed by atoms with Gasteiger partial charge < -0.3 is 20.1 Å². The number of hydrogen-bond acceptors (Lipinski definition) is 4. The lowest BCUT2D eigenvalue weighted by molar-refractivity contribution is 0.1000. The summed E-state index contributed by atoms with van der Waals surface area (Å²) in [5.41, 5.74) is 1.99. The molecule has 2 fully saturated rings. The van der Waals surface area contributed by atoms with Gasteiger partial charge in [-0.05, 0) is 44.5 Å². The highest BCUT2D eigenvalue weighted by atomic mass is 16.5. The van der Waals surface area contributed by atoms with E-state index in [4.69, 9.17) is 4.74 Å². The standard InChI is InChI=1S/C19H29N3O3/c1-2-22(17-13-25-14-18(17)23)19(24)20-16-9-5-4-8-15(16)12-21-10-6-3-7-11-21/h4-5,8-9,17-18,23H,2-3,6-7,10-14H2,1H3,(H,20,24)/t17-,18-/m0/s1. The van der Waals surface area contributed by atoms with Gasteiger partial charge in [0.15, 0.2) is 0 Å². The van der Waals surface area contributed by atoms with Crippen molar-refractivity contribution >= 4 is 11.7 Å². The highest BCUT2D eigenvalue weighted by molar-refractivity contribution is 5.90. The average Bonchev–Trinajstić information content (AvgIpc) is 3.04. The summed E-state index contributed by atoms with van der Waals surface area (Å²) in [5.74, 6) is 0. The number of likely N-dealkylation sites (N-methyl/N-ethyl adjacent to an activating group) is 1. The highest BCUT2D eigenvalue weighted by Crippen LogP contribution is 2.21. The van der Waals surface area contributed by atoms with Gasteiger partial charge in [-0.1, -0.05) is 24.6 Å². The average molecular weight is 347 g/mol. The number of benzene rings is 1. The van der Waals surface area contributed by atoms with Crippen LogP contribution in [-0.4, -0.2) is 65.9 Å². The number of carbonyl (C=O) groups is 1. The first kappa shape index (κ1) is 18.2. The first-order valence-corrected chi connectivity index (χ1v) is 9.32. The van der Waals surface area contributed by atoms with E-state index >= 15 is 0 Å². The van der Waals surface area contributed by atoms with E-state index < -0.39 is 6.10 Å². The summed E-state index contributed by atoms with van der Waals surface area (Å²) >= 11 is 0. The number of likely N-dealkylation sites (tertiary alicyclic amines) is 1. The van der Waals surface area contributed by atoms with Crippen molar-refractivity contribution in [2.24, 2.45) is 0 Å². The number of para-hydroxylation sites is 1. The van der Waals surface area contributed by atoms with Crippen molar-refractivity contribution in [3.8, 4) is 0 Å². The van der Waals surface area contributed by atoms with E-state index in [9.17, 15) is 9.90 Å².